The van der Waals surface area contributed by atoms with Gasteiger partial charge in [-0.1, -0.05) is 0 Å². The van der Waals surface area contributed by atoms with Gasteiger partial charge >= 0.3 is 5.97 Å². The third kappa shape index (κ3) is 2.26. The SMILES string of the molecule is COC(=O)[C@@H](N)c1cc([N+](=O)[O-])ccc1O. The van der Waals surface area contributed by atoms with E-state index in [-0.39, 0.29) is 17.0 Å². The Hall–Kier alpha value is -2.15. The van der Waals surface area contributed by atoms with Gasteiger partial charge in [0.1, 0.15) is 11.8 Å². The Balaban J connectivity index is 3.16. The fraction of sp³-hybridized carbons (Fsp3) is 0.222. The maximum Gasteiger partial charge on any atom is 0.327 e. The van der Waals surface area contributed by atoms with E-state index >= 15 is 0 Å². The Bertz CT molecular complexity index is 432. The Kier molecular flexibility index (Phi) is 3.41. The van der Waals surface area contributed by atoms with Crippen molar-refractivity contribution in [2.75, 3.05) is 7.11 Å². The molecule has 1 aromatic rings. The van der Waals surface area contributed by atoms with Gasteiger partial charge in [-0.25, -0.2) is 0 Å². The minimum absolute atomic E-state index is 0.0407. The van der Waals surface area contributed by atoms with Crippen molar-refractivity contribution >= 4 is 11.7 Å². The van der Waals surface area contributed by atoms with E-state index in [0.29, 0.717) is 0 Å². The molecule has 0 saturated heterocycles. The number of aromatic hydroxyl groups is 1. The number of phenols is 1. The van der Waals surface area contributed by atoms with Crippen molar-refractivity contribution in [1.82, 2.24) is 0 Å². The second-order valence-corrected chi connectivity index (χ2v) is 3.00. The number of ether oxygens (including phenoxy) is 1. The third-order valence-electron chi connectivity index (χ3n) is 2.01. The Morgan fingerprint density at radius 3 is 2.75 bits per heavy atom. The first-order valence-corrected chi connectivity index (χ1v) is 4.28. The number of hydrogen-bond acceptors (Lipinski definition) is 6. The minimum Gasteiger partial charge on any atom is -0.508 e. The molecule has 7 nitrogen and oxygen atoms in total. The van der Waals surface area contributed by atoms with Crippen LogP contribution in [0.15, 0.2) is 18.2 Å². The van der Waals surface area contributed by atoms with Gasteiger partial charge in [-0.3, -0.25) is 14.9 Å². The van der Waals surface area contributed by atoms with Gasteiger partial charge in [0.2, 0.25) is 0 Å². The molecule has 0 bridgehead atoms. The van der Waals surface area contributed by atoms with Crippen LogP contribution in [-0.2, 0) is 9.53 Å². The lowest BCUT2D eigenvalue weighted by atomic mass is 10.1. The smallest absolute Gasteiger partial charge is 0.327 e. The first kappa shape index (κ1) is 11.9. The van der Waals surface area contributed by atoms with Crippen molar-refractivity contribution in [3.8, 4) is 5.75 Å². The zero-order valence-corrected chi connectivity index (χ0v) is 8.41. The van der Waals surface area contributed by atoms with Gasteiger partial charge in [0, 0.05) is 17.7 Å². The molecule has 0 heterocycles. The van der Waals surface area contributed by atoms with E-state index in [4.69, 9.17) is 5.73 Å². The molecular formula is C9H10N2O5. The van der Waals surface area contributed by atoms with E-state index in [1.807, 2.05) is 0 Å². The average Bonchev–Trinajstić information content (AvgIpc) is 2.27. The molecule has 16 heavy (non-hydrogen) atoms. The fourth-order valence-corrected chi connectivity index (χ4v) is 1.16. The van der Waals surface area contributed by atoms with E-state index in [2.05, 4.69) is 4.74 Å². The van der Waals surface area contributed by atoms with Gasteiger partial charge in [0.25, 0.3) is 5.69 Å². The summed E-state index contributed by atoms with van der Waals surface area (Å²) in [5.74, 6) is -1.07. The molecule has 0 amide bonds. The Morgan fingerprint density at radius 1 is 1.62 bits per heavy atom. The molecule has 0 fully saturated rings. The highest BCUT2D eigenvalue weighted by molar-refractivity contribution is 5.78. The van der Waals surface area contributed by atoms with Crippen LogP contribution in [0.25, 0.3) is 0 Å². The summed E-state index contributed by atoms with van der Waals surface area (Å²) in [5, 5.41) is 19.9. The zero-order chi connectivity index (χ0) is 12.3. The quantitative estimate of drug-likeness (QED) is 0.439. The van der Waals surface area contributed by atoms with Crippen molar-refractivity contribution in [3.63, 3.8) is 0 Å². The topological polar surface area (TPSA) is 116 Å². The number of benzene rings is 1. The number of nitro benzene ring substituents is 1. The summed E-state index contributed by atoms with van der Waals surface area (Å²) < 4.78 is 4.38. The molecular weight excluding hydrogens is 216 g/mol. The van der Waals surface area contributed by atoms with Crippen molar-refractivity contribution in [2.45, 2.75) is 6.04 Å². The molecule has 0 aliphatic heterocycles. The summed E-state index contributed by atoms with van der Waals surface area (Å²) in [6.07, 6.45) is 0. The van der Waals surface area contributed by atoms with Crippen LogP contribution in [0.3, 0.4) is 0 Å². The molecule has 0 spiro atoms. The molecule has 0 aliphatic carbocycles. The monoisotopic (exact) mass is 226 g/mol. The number of methoxy groups -OCH3 is 1. The van der Waals surface area contributed by atoms with E-state index in [1.165, 1.54) is 0 Å². The number of rotatable bonds is 3. The number of nitrogens with zero attached hydrogens (tertiary/aromatic N) is 1. The first-order chi connectivity index (χ1) is 7.47. The molecule has 86 valence electrons. The van der Waals surface area contributed by atoms with E-state index < -0.39 is 16.9 Å². The Labute approximate surface area is 90.6 Å². The number of carbonyl (C=O) groups excluding carboxylic acids is 1. The second-order valence-electron chi connectivity index (χ2n) is 3.00. The summed E-state index contributed by atoms with van der Waals surface area (Å²) in [4.78, 5) is 21.0. The number of nitrogens with two attached hydrogens (primary N) is 1. The van der Waals surface area contributed by atoms with E-state index in [0.717, 1.165) is 25.3 Å². The van der Waals surface area contributed by atoms with Gasteiger partial charge < -0.3 is 15.6 Å². The number of non-ortho nitro benzene ring substituents is 1. The van der Waals surface area contributed by atoms with Crippen LogP contribution in [0.1, 0.15) is 11.6 Å². The molecule has 1 aromatic carbocycles. The standard InChI is InChI=1S/C9H10N2O5/c1-16-9(13)8(10)6-4-5(11(14)15)2-3-7(6)12/h2-4,8,12H,10H2,1H3/t8-/m0/s1. The summed E-state index contributed by atoms with van der Waals surface area (Å²) in [5.41, 5.74) is 5.16. The van der Waals surface area contributed by atoms with Gasteiger partial charge in [-0.15, -0.1) is 0 Å². The number of esters is 1. The highest BCUT2D eigenvalue weighted by Crippen LogP contribution is 2.27. The largest absolute Gasteiger partial charge is 0.508 e. The van der Waals surface area contributed by atoms with Gasteiger partial charge in [-0.05, 0) is 6.07 Å². The molecule has 0 saturated carbocycles. The van der Waals surface area contributed by atoms with E-state index in [1.54, 1.807) is 0 Å². The molecule has 0 aromatic heterocycles. The van der Waals surface area contributed by atoms with Crippen LogP contribution in [0, 0.1) is 10.1 Å². The van der Waals surface area contributed by atoms with Gasteiger partial charge in [0.05, 0.1) is 12.0 Å². The number of phenolic OH excluding ortho intramolecular Hbond substituents is 1. The van der Waals surface area contributed by atoms with Crippen LogP contribution in [0.2, 0.25) is 0 Å². The second kappa shape index (κ2) is 4.58. The number of hydrogen-bond donors (Lipinski definition) is 2. The molecule has 3 N–H and O–H groups in total. The van der Waals surface area contributed by atoms with Crippen molar-refractivity contribution in [2.24, 2.45) is 5.73 Å². The fourth-order valence-electron chi connectivity index (χ4n) is 1.16. The van der Waals surface area contributed by atoms with Crippen LogP contribution in [-0.4, -0.2) is 23.1 Å². The summed E-state index contributed by atoms with van der Waals surface area (Å²) in [6, 6.07) is 2.01. The maximum absolute atomic E-state index is 11.1. The molecule has 0 radical (unpaired) electrons. The third-order valence-corrected chi connectivity index (χ3v) is 2.01. The van der Waals surface area contributed by atoms with Crippen molar-refractivity contribution in [1.29, 1.82) is 0 Å². The average molecular weight is 226 g/mol. The van der Waals surface area contributed by atoms with Crippen LogP contribution in [0.4, 0.5) is 5.69 Å². The van der Waals surface area contributed by atoms with E-state index in [9.17, 15) is 20.0 Å². The highest BCUT2D eigenvalue weighted by atomic mass is 16.6. The van der Waals surface area contributed by atoms with Gasteiger partial charge in [0.15, 0.2) is 0 Å². The molecule has 1 rings (SSSR count). The maximum atomic E-state index is 11.1. The Morgan fingerprint density at radius 2 is 2.25 bits per heavy atom. The van der Waals surface area contributed by atoms with Gasteiger partial charge in [-0.2, -0.15) is 0 Å². The predicted molar refractivity (Wildman–Crippen MR) is 53.7 cm³/mol. The van der Waals surface area contributed by atoms with Crippen LogP contribution in [0.5, 0.6) is 5.75 Å². The molecule has 7 heteroatoms. The predicted octanol–water partition coefficient (Wildman–Crippen LogP) is 0.473. The molecule has 1 atom stereocenters. The first-order valence-electron chi connectivity index (χ1n) is 4.28. The zero-order valence-electron chi connectivity index (χ0n) is 8.41. The van der Waals surface area contributed by atoms with Crippen molar-refractivity contribution in [3.05, 3.63) is 33.9 Å². The summed E-state index contributed by atoms with van der Waals surface area (Å²) in [6.45, 7) is 0. The molecule has 0 aliphatic rings. The van der Waals surface area contributed by atoms with Crippen LogP contribution >= 0.6 is 0 Å². The number of carbonyl (C=O) groups is 1. The normalized spacial score (nSPS) is 11.9. The minimum atomic E-state index is -1.25. The van der Waals surface area contributed by atoms with Crippen LogP contribution < -0.4 is 5.73 Å². The lowest BCUT2D eigenvalue weighted by Gasteiger charge is -2.10. The molecule has 0 unspecified atom stereocenters. The lowest BCUT2D eigenvalue weighted by Crippen LogP contribution is -2.22. The van der Waals surface area contributed by atoms with Crippen molar-refractivity contribution < 1.29 is 19.6 Å². The highest BCUT2D eigenvalue weighted by Gasteiger charge is 2.22. The lowest BCUT2D eigenvalue weighted by molar-refractivity contribution is -0.384. The summed E-state index contributed by atoms with van der Waals surface area (Å²) >= 11 is 0. The summed E-state index contributed by atoms with van der Waals surface area (Å²) in [7, 11) is 1.14. The number of nitro groups is 1.